The van der Waals surface area contributed by atoms with Crippen molar-refractivity contribution in [2.24, 2.45) is 5.73 Å². The first kappa shape index (κ1) is 12.7. The van der Waals surface area contributed by atoms with Crippen molar-refractivity contribution in [3.63, 3.8) is 0 Å². The van der Waals surface area contributed by atoms with E-state index in [9.17, 15) is 0 Å². The maximum absolute atomic E-state index is 6.37. The van der Waals surface area contributed by atoms with Crippen molar-refractivity contribution in [1.29, 1.82) is 0 Å². The Hall–Kier alpha value is -0.800. The zero-order chi connectivity index (χ0) is 12.1. The van der Waals surface area contributed by atoms with Crippen LogP contribution in [0.1, 0.15) is 50.0 Å². The number of rotatable bonds is 4. The molecule has 0 bridgehead atoms. The van der Waals surface area contributed by atoms with Crippen molar-refractivity contribution < 1.29 is 9.15 Å². The highest BCUT2D eigenvalue weighted by atomic mass is 16.5. The molecular formula is C14H23NO2. The normalized spacial score (nSPS) is 20.1. The molecule has 1 aromatic heterocycles. The third-order valence-electron chi connectivity index (χ3n) is 3.53. The standard InChI is InChI=1S/C14H23NO2/c1-12-6-7-13(17-12)10-16-11-14(15)8-4-2-3-5-9-14/h6-7H,2-5,8-11,15H2,1H3. The topological polar surface area (TPSA) is 48.4 Å². The molecule has 3 heteroatoms. The first-order valence-corrected chi connectivity index (χ1v) is 6.60. The van der Waals surface area contributed by atoms with Gasteiger partial charge in [-0.1, -0.05) is 25.7 Å². The zero-order valence-electron chi connectivity index (χ0n) is 10.7. The molecule has 0 saturated heterocycles. The maximum atomic E-state index is 6.37. The smallest absolute Gasteiger partial charge is 0.129 e. The molecule has 0 unspecified atom stereocenters. The predicted octanol–water partition coefficient (Wildman–Crippen LogP) is 3.16. The molecule has 1 fully saturated rings. The molecule has 96 valence electrons. The molecule has 1 aliphatic rings. The number of nitrogens with two attached hydrogens (primary N) is 1. The van der Waals surface area contributed by atoms with Crippen LogP contribution in [0.3, 0.4) is 0 Å². The van der Waals surface area contributed by atoms with Gasteiger partial charge >= 0.3 is 0 Å². The lowest BCUT2D eigenvalue weighted by atomic mass is 9.93. The predicted molar refractivity (Wildman–Crippen MR) is 67.7 cm³/mol. The van der Waals surface area contributed by atoms with E-state index in [1.165, 1.54) is 25.7 Å². The first-order valence-electron chi connectivity index (χ1n) is 6.60. The van der Waals surface area contributed by atoms with Crippen LogP contribution in [-0.2, 0) is 11.3 Å². The molecule has 2 rings (SSSR count). The lowest BCUT2D eigenvalue weighted by Gasteiger charge is -2.27. The fraction of sp³-hybridized carbons (Fsp3) is 0.714. The van der Waals surface area contributed by atoms with Gasteiger partial charge in [0.05, 0.1) is 6.61 Å². The molecule has 0 atom stereocenters. The molecule has 2 N–H and O–H groups in total. The summed E-state index contributed by atoms with van der Waals surface area (Å²) >= 11 is 0. The third kappa shape index (κ3) is 3.86. The van der Waals surface area contributed by atoms with Crippen LogP contribution in [0.4, 0.5) is 0 Å². The van der Waals surface area contributed by atoms with Gasteiger partial charge in [0, 0.05) is 5.54 Å². The van der Waals surface area contributed by atoms with E-state index in [0.29, 0.717) is 13.2 Å². The van der Waals surface area contributed by atoms with Gasteiger partial charge in [-0.05, 0) is 31.9 Å². The molecule has 0 aliphatic heterocycles. The van der Waals surface area contributed by atoms with Gasteiger partial charge in [0.2, 0.25) is 0 Å². The highest BCUT2D eigenvalue weighted by molar-refractivity contribution is 5.04. The lowest BCUT2D eigenvalue weighted by Crippen LogP contribution is -2.43. The van der Waals surface area contributed by atoms with Crippen LogP contribution in [0.5, 0.6) is 0 Å². The first-order chi connectivity index (χ1) is 8.18. The summed E-state index contributed by atoms with van der Waals surface area (Å²) in [6.45, 7) is 3.12. The highest BCUT2D eigenvalue weighted by Gasteiger charge is 2.26. The Morgan fingerprint density at radius 2 is 1.94 bits per heavy atom. The Bertz CT molecular complexity index is 338. The molecule has 3 nitrogen and oxygen atoms in total. The fourth-order valence-corrected chi connectivity index (χ4v) is 2.49. The quantitative estimate of drug-likeness (QED) is 0.818. The molecule has 0 aromatic carbocycles. The molecule has 0 amide bonds. The number of hydrogen-bond acceptors (Lipinski definition) is 3. The van der Waals surface area contributed by atoms with Gasteiger partial charge in [0.1, 0.15) is 18.1 Å². The fourth-order valence-electron chi connectivity index (χ4n) is 2.49. The number of furan rings is 1. The van der Waals surface area contributed by atoms with E-state index in [-0.39, 0.29) is 5.54 Å². The van der Waals surface area contributed by atoms with Gasteiger partial charge in [-0.25, -0.2) is 0 Å². The van der Waals surface area contributed by atoms with Crippen LogP contribution < -0.4 is 5.73 Å². The van der Waals surface area contributed by atoms with E-state index in [1.54, 1.807) is 0 Å². The summed E-state index contributed by atoms with van der Waals surface area (Å²) in [5.41, 5.74) is 6.26. The van der Waals surface area contributed by atoms with Crippen LogP contribution in [0.2, 0.25) is 0 Å². The van der Waals surface area contributed by atoms with Crippen LogP contribution in [-0.4, -0.2) is 12.1 Å². The van der Waals surface area contributed by atoms with Gasteiger partial charge in [-0.3, -0.25) is 0 Å². The SMILES string of the molecule is Cc1ccc(COCC2(N)CCCCCC2)o1. The van der Waals surface area contributed by atoms with Crippen molar-refractivity contribution in [3.05, 3.63) is 23.7 Å². The molecule has 1 aromatic rings. The minimum atomic E-state index is -0.113. The third-order valence-corrected chi connectivity index (χ3v) is 3.53. The Morgan fingerprint density at radius 3 is 2.53 bits per heavy atom. The highest BCUT2D eigenvalue weighted by Crippen LogP contribution is 2.25. The Kier molecular flexibility index (Phi) is 4.24. The van der Waals surface area contributed by atoms with Crippen molar-refractivity contribution in [1.82, 2.24) is 0 Å². The monoisotopic (exact) mass is 237 g/mol. The number of ether oxygens (including phenoxy) is 1. The zero-order valence-corrected chi connectivity index (χ0v) is 10.7. The summed E-state index contributed by atoms with van der Waals surface area (Å²) in [4.78, 5) is 0. The van der Waals surface area contributed by atoms with Crippen molar-refractivity contribution in [2.75, 3.05) is 6.61 Å². The van der Waals surface area contributed by atoms with Crippen molar-refractivity contribution in [3.8, 4) is 0 Å². The van der Waals surface area contributed by atoms with Crippen molar-refractivity contribution >= 4 is 0 Å². The van der Waals surface area contributed by atoms with Crippen LogP contribution in [0.15, 0.2) is 16.5 Å². The Labute approximate surface area is 103 Å². The summed E-state index contributed by atoms with van der Waals surface area (Å²) in [6.07, 6.45) is 7.28. The summed E-state index contributed by atoms with van der Waals surface area (Å²) < 4.78 is 11.2. The van der Waals surface area contributed by atoms with E-state index in [2.05, 4.69) is 0 Å². The number of hydrogen-bond donors (Lipinski definition) is 1. The minimum absolute atomic E-state index is 0.113. The van der Waals surface area contributed by atoms with Gasteiger partial charge in [0.25, 0.3) is 0 Å². The van der Waals surface area contributed by atoms with Crippen molar-refractivity contribution in [2.45, 2.75) is 57.6 Å². The van der Waals surface area contributed by atoms with E-state index >= 15 is 0 Å². The van der Waals surface area contributed by atoms with Gasteiger partial charge in [0.15, 0.2) is 0 Å². The van der Waals surface area contributed by atoms with E-state index in [0.717, 1.165) is 24.4 Å². The van der Waals surface area contributed by atoms with Crippen LogP contribution >= 0.6 is 0 Å². The molecule has 0 spiro atoms. The van der Waals surface area contributed by atoms with Crippen LogP contribution in [0.25, 0.3) is 0 Å². The summed E-state index contributed by atoms with van der Waals surface area (Å²) in [5, 5.41) is 0. The second kappa shape index (κ2) is 5.69. The summed E-state index contributed by atoms with van der Waals surface area (Å²) in [6, 6.07) is 3.92. The molecular weight excluding hydrogens is 214 g/mol. The van der Waals surface area contributed by atoms with E-state index in [4.69, 9.17) is 14.9 Å². The van der Waals surface area contributed by atoms with Gasteiger partial charge in [-0.2, -0.15) is 0 Å². The molecule has 1 aliphatic carbocycles. The van der Waals surface area contributed by atoms with E-state index < -0.39 is 0 Å². The Balaban J connectivity index is 1.76. The molecule has 17 heavy (non-hydrogen) atoms. The minimum Gasteiger partial charge on any atom is -0.464 e. The van der Waals surface area contributed by atoms with Gasteiger partial charge < -0.3 is 14.9 Å². The lowest BCUT2D eigenvalue weighted by molar-refractivity contribution is 0.0567. The molecule has 1 saturated carbocycles. The average molecular weight is 237 g/mol. The second-order valence-corrected chi connectivity index (χ2v) is 5.28. The molecule has 1 heterocycles. The summed E-state index contributed by atoms with van der Waals surface area (Å²) in [7, 11) is 0. The molecule has 0 radical (unpaired) electrons. The Morgan fingerprint density at radius 1 is 1.24 bits per heavy atom. The van der Waals surface area contributed by atoms with Gasteiger partial charge in [-0.15, -0.1) is 0 Å². The number of aryl methyl sites for hydroxylation is 1. The second-order valence-electron chi connectivity index (χ2n) is 5.28. The average Bonchev–Trinajstić information content (AvgIpc) is 2.58. The maximum Gasteiger partial charge on any atom is 0.129 e. The van der Waals surface area contributed by atoms with Crippen LogP contribution in [0, 0.1) is 6.92 Å². The van der Waals surface area contributed by atoms with E-state index in [1.807, 2.05) is 19.1 Å². The summed E-state index contributed by atoms with van der Waals surface area (Å²) in [5.74, 6) is 1.82. The largest absolute Gasteiger partial charge is 0.464 e.